The van der Waals surface area contributed by atoms with Gasteiger partial charge < -0.3 is 15.5 Å². The average Bonchev–Trinajstić information content (AvgIpc) is 2.82. The van der Waals surface area contributed by atoms with Crippen LogP contribution in [0.5, 0.6) is 0 Å². The molecule has 0 aromatic heterocycles. The number of piperidine rings is 1. The van der Waals surface area contributed by atoms with Gasteiger partial charge in [-0.25, -0.2) is 0 Å². The zero-order valence-electron chi connectivity index (χ0n) is 12.4. The van der Waals surface area contributed by atoms with Crippen molar-refractivity contribution in [3.05, 3.63) is 0 Å². The number of nitrogens with zero attached hydrogens (tertiary/aromatic N) is 1. The van der Waals surface area contributed by atoms with E-state index in [2.05, 4.69) is 22.5 Å². The smallest absolute Gasteiger partial charge is 0.221 e. The lowest BCUT2D eigenvalue weighted by Crippen LogP contribution is -2.44. The van der Waals surface area contributed by atoms with Crippen LogP contribution in [-0.2, 0) is 4.79 Å². The molecular formula is C14H29Cl2N3O. The highest BCUT2D eigenvalue weighted by molar-refractivity contribution is 5.85. The van der Waals surface area contributed by atoms with Gasteiger partial charge in [-0.15, -0.1) is 24.8 Å². The lowest BCUT2D eigenvalue weighted by Gasteiger charge is -2.29. The van der Waals surface area contributed by atoms with Crippen molar-refractivity contribution in [2.75, 3.05) is 26.2 Å². The fourth-order valence-corrected chi connectivity index (χ4v) is 3.06. The van der Waals surface area contributed by atoms with E-state index in [0.29, 0.717) is 12.5 Å². The highest BCUT2D eigenvalue weighted by Gasteiger charge is 2.19. The largest absolute Gasteiger partial charge is 0.352 e. The van der Waals surface area contributed by atoms with Crippen molar-refractivity contribution in [1.82, 2.24) is 15.5 Å². The van der Waals surface area contributed by atoms with Gasteiger partial charge >= 0.3 is 0 Å². The summed E-state index contributed by atoms with van der Waals surface area (Å²) in [4.78, 5) is 14.4. The molecule has 2 aliphatic rings. The average molecular weight is 326 g/mol. The van der Waals surface area contributed by atoms with Gasteiger partial charge in [0.15, 0.2) is 0 Å². The summed E-state index contributed by atoms with van der Waals surface area (Å²) in [6.07, 6.45) is 6.99. The van der Waals surface area contributed by atoms with Crippen molar-refractivity contribution >= 4 is 30.7 Å². The van der Waals surface area contributed by atoms with E-state index < -0.39 is 0 Å². The monoisotopic (exact) mass is 325 g/mol. The first-order valence-electron chi connectivity index (χ1n) is 7.49. The zero-order valence-corrected chi connectivity index (χ0v) is 14.0. The molecule has 2 aliphatic heterocycles. The van der Waals surface area contributed by atoms with Gasteiger partial charge in [-0.3, -0.25) is 4.79 Å². The summed E-state index contributed by atoms with van der Waals surface area (Å²) in [6, 6.07) is 0.684. The molecule has 2 unspecified atom stereocenters. The van der Waals surface area contributed by atoms with Gasteiger partial charge in [-0.05, 0) is 52.2 Å². The maximum absolute atomic E-state index is 11.9. The maximum atomic E-state index is 11.9. The molecule has 1 amide bonds. The normalized spacial score (nSPS) is 24.4. The number of carbonyl (C=O) groups is 1. The van der Waals surface area contributed by atoms with Crippen LogP contribution < -0.4 is 10.6 Å². The van der Waals surface area contributed by atoms with E-state index in [1.54, 1.807) is 0 Å². The molecule has 4 nitrogen and oxygen atoms in total. The molecule has 0 aliphatic carbocycles. The third-order valence-corrected chi connectivity index (χ3v) is 3.98. The molecule has 6 heteroatoms. The van der Waals surface area contributed by atoms with Gasteiger partial charge in [0.05, 0.1) is 0 Å². The van der Waals surface area contributed by atoms with Crippen LogP contribution in [0.1, 0.15) is 45.4 Å². The Kier molecular flexibility index (Phi) is 10.6. The van der Waals surface area contributed by atoms with Crippen LogP contribution in [0.2, 0.25) is 0 Å². The Morgan fingerprint density at radius 3 is 2.55 bits per heavy atom. The minimum Gasteiger partial charge on any atom is -0.352 e. The SMILES string of the molecule is CC(CN1CCCCC1)NC(=O)CC1CCCN1.Cl.Cl. The summed E-state index contributed by atoms with van der Waals surface area (Å²) in [5, 5.41) is 6.50. The molecule has 0 aromatic rings. The van der Waals surface area contributed by atoms with E-state index in [4.69, 9.17) is 0 Å². The highest BCUT2D eigenvalue weighted by atomic mass is 35.5. The summed E-state index contributed by atoms with van der Waals surface area (Å²) >= 11 is 0. The second kappa shape index (κ2) is 10.7. The van der Waals surface area contributed by atoms with Crippen molar-refractivity contribution in [2.24, 2.45) is 0 Å². The molecule has 2 heterocycles. The van der Waals surface area contributed by atoms with E-state index in [0.717, 1.165) is 19.5 Å². The lowest BCUT2D eigenvalue weighted by atomic mass is 10.1. The number of nitrogens with one attached hydrogen (secondary N) is 2. The molecule has 0 radical (unpaired) electrons. The molecule has 0 aromatic carbocycles. The topological polar surface area (TPSA) is 44.4 Å². The second-order valence-electron chi connectivity index (χ2n) is 5.83. The first-order chi connectivity index (χ1) is 8.74. The zero-order chi connectivity index (χ0) is 12.8. The summed E-state index contributed by atoms with van der Waals surface area (Å²) in [5.41, 5.74) is 0. The van der Waals surface area contributed by atoms with Crippen LogP contribution in [0.25, 0.3) is 0 Å². The van der Waals surface area contributed by atoms with Gasteiger partial charge in [0.1, 0.15) is 0 Å². The maximum Gasteiger partial charge on any atom is 0.221 e. The molecule has 20 heavy (non-hydrogen) atoms. The Morgan fingerprint density at radius 1 is 1.25 bits per heavy atom. The van der Waals surface area contributed by atoms with Crippen molar-refractivity contribution < 1.29 is 4.79 Å². The molecule has 0 saturated carbocycles. The van der Waals surface area contributed by atoms with Crippen molar-refractivity contribution in [3.8, 4) is 0 Å². The van der Waals surface area contributed by atoms with Gasteiger partial charge in [0.25, 0.3) is 0 Å². The first-order valence-corrected chi connectivity index (χ1v) is 7.49. The fraction of sp³-hybridized carbons (Fsp3) is 0.929. The van der Waals surface area contributed by atoms with Crippen LogP contribution >= 0.6 is 24.8 Å². The van der Waals surface area contributed by atoms with Crippen molar-refractivity contribution in [2.45, 2.75) is 57.5 Å². The lowest BCUT2D eigenvalue weighted by molar-refractivity contribution is -0.122. The summed E-state index contributed by atoms with van der Waals surface area (Å²) in [5.74, 6) is 0.207. The standard InChI is InChI=1S/C14H27N3O.2ClH/c1-12(11-17-8-3-2-4-9-17)16-14(18)10-13-6-5-7-15-13;;/h12-13,15H,2-11H2,1H3,(H,16,18);2*1H. The molecular weight excluding hydrogens is 297 g/mol. The van der Waals surface area contributed by atoms with E-state index in [9.17, 15) is 4.79 Å². The van der Waals surface area contributed by atoms with Crippen LogP contribution in [0, 0.1) is 0 Å². The van der Waals surface area contributed by atoms with Crippen LogP contribution in [0.3, 0.4) is 0 Å². The molecule has 2 N–H and O–H groups in total. The Bertz CT molecular complexity index is 267. The predicted octanol–water partition coefficient (Wildman–Crippen LogP) is 1.96. The van der Waals surface area contributed by atoms with Crippen molar-refractivity contribution in [3.63, 3.8) is 0 Å². The molecule has 0 bridgehead atoms. The summed E-state index contributed by atoms with van der Waals surface area (Å²) < 4.78 is 0. The quantitative estimate of drug-likeness (QED) is 0.812. The predicted molar refractivity (Wildman–Crippen MR) is 88.0 cm³/mol. The third-order valence-electron chi connectivity index (χ3n) is 3.98. The number of likely N-dealkylation sites (tertiary alicyclic amines) is 1. The fourth-order valence-electron chi connectivity index (χ4n) is 3.06. The number of rotatable bonds is 5. The first kappa shape index (κ1) is 20.0. The Hall–Kier alpha value is -0.0300. The molecule has 2 saturated heterocycles. The van der Waals surface area contributed by atoms with Gasteiger partial charge in [-0.2, -0.15) is 0 Å². The van der Waals surface area contributed by atoms with E-state index in [1.165, 1.54) is 38.8 Å². The number of hydrogen-bond acceptors (Lipinski definition) is 3. The number of halogens is 2. The Balaban J connectivity index is 0.00000180. The number of amides is 1. The van der Waals surface area contributed by atoms with Crippen LogP contribution in [0.15, 0.2) is 0 Å². The second-order valence-corrected chi connectivity index (χ2v) is 5.83. The molecule has 0 spiro atoms. The van der Waals surface area contributed by atoms with Crippen LogP contribution in [0.4, 0.5) is 0 Å². The van der Waals surface area contributed by atoms with E-state index >= 15 is 0 Å². The van der Waals surface area contributed by atoms with Crippen LogP contribution in [-0.4, -0.2) is 49.1 Å². The van der Waals surface area contributed by atoms with E-state index in [1.807, 2.05) is 0 Å². The Labute approximate surface area is 135 Å². The minimum atomic E-state index is 0. The number of carbonyl (C=O) groups excluding carboxylic acids is 1. The highest BCUT2D eigenvalue weighted by Crippen LogP contribution is 2.10. The van der Waals surface area contributed by atoms with Crippen molar-refractivity contribution in [1.29, 1.82) is 0 Å². The molecule has 2 rings (SSSR count). The van der Waals surface area contributed by atoms with Gasteiger partial charge in [0, 0.05) is 25.0 Å². The summed E-state index contributed by atoms with van der Waals surface area (Å²) in [6.45, 7) is 6.59. The van der Waals surface area contributed by atoms with E-state index in [-0.39, 0.29) is 36.8 Å². The molecule has 120 valence electrons. The van der Waals surface area contributed by atoms with Gasteiger partial charge in [-0.1, -0.05) is 6.42 Å². The molecule has 2 atom stereocenters. The Morgan fingerprint density at radius 2 is 1.95 bits per heavy atom. The summed E-state index contributed by atoms with van der Waals surface area (Å²) in [7, 11) is 0. The molecule has 2 fully saturated rings. The minimum absolute atomic E-state index is 0. The number of hydrogen-bond donors (Lipinski definition) is 2. The third kappa shape index (κ3) is 7.11. The van der Waals surface area contributed by atoms with Gasteiger partial charge in [0.2, 0.25) is 5.91 Å².